The van der Waals surface area contributed by atoms with Crippen LogP contribution in [0.4, 0.5) is 0 Å². The highest BCUT2D eigenvalue weighted by Crippen LogP contribution is 2.26. The van der Waals surface area contributed by atoms with Crippen molar-refractivity contribution in [1.29, 1.82) is 0 Å². The number of carbonyl (C=O) groups is 1. The Morgan fingerprint density at radius 2 is 2.24 bits per heavy atom. The fourth-order valence-corrected chi connectivity index (χ4v) is 2.95. The van der Waals surface area contributed by atoms with Gasteiger partial charge in [-0.15, -0.1) is 11.3 Å². The van der Waals surface area contributed by atoms with Crippen molar-refractivity contribution >= 4 is 40.3 Å². The molecule has 0 atom stereocenters. The molecule has 0 spiro atoms. The summed E-state index contributed by atoms with van der Waals surface area (Å²) in [6.07, 6.45) is 0.235. The van der Waals surface area contributed by atoms with Gasteiger partial charge in [-0.3, -0.25) is 9.48 Å². The molecule has 17 heavy (non-hydrogen) atoms. The number of hydrogen-bond donors (Lipinski definition) is 0. The minimum absolute atomic E-state index is 0.0250. The largest absolute Gasteiger partial charge is 0.293 e. The van der Waals surface area contributed by atoms with Crippen molar-refractivity contribution in [3.63, 3.8) is 0 Å². The quantitative estimate of drug-likeness (QED) is 0.810. The van der Waals surface area contributed by atoms with Crippen molar-refractivity contribution in [3.8, 4) is 0 Å². The molecule has 0 aliphatic rings. The lowest BCUT2D eigenvalue weighted by Gasteiger charge is -1.99. The number of thiophene rings is 1. The van der Waals surface area contributed by atoms with Crippen LogP contribution in [0.1, 0.15) is 20.9 Å². The molecule has 0 amide bonds. The van der Waals surface area contributed by atoms with Gasteiger partial charge in [-0.2, -0.15) is 5.10 Å². The zero-order valence-corrected chi connectivity index (χ0v) is 11.7. The summed E-state index contributed by atoms with van der Waals surface area (Å²) in [5.74, 6) is -0.0250. The molecule has 2 aromatic heterocycles. The zero-order chi connectivity index (χ0) is 12.6. The number of halogens is 2. The maximum absolute atomic E-state index is 12.0. The Morgan fingerprint density at radius 1 is 1.53 bits per heavy atom. The summed E-state index contributed by atoms with van der Waals surface area (Å²) in [5, 5.41) is 6.97. The van der Waals surface area contributed by atoms with Gasteiger partial charge in [-0.05, 0) is 18.4 Å². The van der Waals surface area contributed by atoms with Crippen molar-refractivity contribution in [2.45, 2.75) is 13.3 Å². The Bertz CT molecular complexity index is 574. The van der Waals surface area contributed by atoms with Gasteiger partial charge in [-0.25, -0.2) is 0 Å². The van der Waals surface area contributed by atoms with Crippen molar-refractivity contribution in [2.24, 2.45) is 7.05 Å². The van der Waals surface area contributed by atoms with E-state index in [9.17, 15) is 4.79 Å². The summed E-state index contributed by atoms with van der Waals surface area (Å²) < 4.78 is 1.57. The number of carbonyl (C=O) groups excluding carboxylic acids is 1. The maximum atomic E-state index is 12.0. The average Bonchev–Trinajstić information content (AvgIpc) is 2.78. The van der Waals surface area contributed by atoms with E-state index < -0.39 is 0 Å². The first-order valence-corrected chi connectivity index (χ1v) is 6.58. The molecule has 0 saturated carbocycles. The van der Waals surface area contributed by atoms with Crippen molar-refractivity contribution < 1.29 is 4.79 Å². The second-order valence-corrected chi connectivity index (χ2v) is 5.36. The van der Waals surface area contributed by atoms with E-state index in [0.717, 1.165) is 11.3 Å². The Balaban J connectivity index is 2.28. The van der Waals surface area contributed by atoms with Gasteiger partial charge in [0.1, 0.15) is 5.15 Å². The molecule has 0 N–H and O–H groups in total. The first-order chi connectivity index (χ1) is 8.00. The summed E-state index contributed by atoms with van der Waals surface area (Å²) in [6, 6.07) is 1.72. The maximum Gasteiger partial charge on any atom is 0.178 e. The van der Waals surface area contributed by atoms with Gasteiger partial charge in [0.15, 0.2) is 5.78 Å². The van der Waals surface area contributed by atoms with Crippen molar-refractivity contribution in [3.05, 3.63) is 37.8 Å². The molecule has 2 rings (SSSR count). The van der Waals surface area contributed by atoms with Crippen LogP contribution in [0.5, 0.6) is 0 Å². The summed E-state index contributed by atoms with van der Waals surface area (Å²) in [6.45, 7) is 1.84. The van der Waals surface area contributed by atoms with Crippen LogP contribution in [-0.2, 0) is 13.5 Å². The monoisotopic (exact) mass is 288 g/mol. The number of hydrogen-bond acceptors (Lipinski definition) is 3. The molecular weight excluding hydrogens is 279 g/mol. The first kappa shape index (κ1) is 12.6. The number of aryl methyl sites for hydroxylation is 2. The molecule has 2 aromatic rings. The van der Waals surface area contributed by atoms with E-state index in [0.29, 0.717) is 15.1 Å². The molecule has 2 heterocycles. The van der Waals surface area contributed by atoms with Crippen LogP contribution in [0, 0.1) is 6.92 Å². The third kappa shape index (κ3) is 2.39. The molecule has 0 aromatic carbocycles. The highest BCUT2D eigenvalue weighted by atomic mass is 35.5. The molecule has 0 bridgehead atoms. The van der Waals surface area contributed by atoms with E-state index in [1.807, 2.05) is 6.92 Å². The molecule has 0 saturated heterocycles. The van der Waals surface area contributed by atoms with Crippen LogP contribution >= 0.6 is 34.5 Å². The molecule has 90 valence electrons. The van der Waals surface area contributed by atoms with E-state index in [4.69, 9.17) is 23.2 Å². The summed E-state index contributed by atoms with van der Waals surface area (Å²) in [4.78, 5) is 12.6. The van der Waals surface area contributed by atoms with Crippen LogP contribution in [0.25, 0.3) is 0 Å². The van der Waals surface area contributed by atoms with Crippen LogP contribution in [0.3, 0.4) is 0 Å². The number of rotatable bonds is 3. The molecule has 3 nitrogen and oxygen atoms in total. The van der Waals surface area contributed by atoms with E-state index in [2.05, 4.69) is 5.10 Å². The molecule has 0 fully saturated rings. The molecule has 0 unspecified atom stereocenters. The minimum Gasteiger partial charge on any atom is -0.293 e. The topological polar surface area (TPSA) is 34.9 Å². The molecular formula is C11H10Cl2N2OS. The number of Topliss-reactive ketones (excluding diaryl/α,β-unsaturated/α-hetero) is 1. The molecule has 6 heteroatoms. The third-order valence-corrected chi connectivity index (χ3v) is 4.33. The highest BCUT2D eigenvalue weighted by Gasteiger charge is 2.18. The number of ketones is 1. The normalized spacial score (nSPS) is 10.8. The predicted octanol–water partition coefficient (Wildman–Crippen LogP) is 3.52. The van der Waals surface area contributed by atoms with E-state index >= 15 is 0 Å². The van der Waals surface area contributed by atoms with Crippen LogP contribution in [0.15, 0.2) is 11.4 Å². The SMILES string of the molecule is Cc1nn(C)c(Cl)c1CC(=O)c1sccc1Cl. The van der Waals surface area contributed by atoms with Crippen molar-refractivity contribution in [2.75, 3.05) is 0 Å². The fraction of sp³-hybridized carbons (Fsp3) is 0.273. The van der Waals surface area contributed by atoms with Crippen molar-refractivity contribution in [1.82, 2.24) is 9.78 Å². The minimum atomic E-state index is -0.0250. The zero-order valence-electron chi connectivity index (χ0n) is 9.33. The summed E-state index contributed by atoms with van der Waals surface area (Å²) >= 11 is 13.3. The van der Waals surface area contributed by atoms with Crippen LogP contribution < -0.4 is 0 Å². The van der Waals surface area contributed by atoms with Crippen LogP contribution in [0.2, 0.25) is 10.2 Å². The lowest BCUT2D eigenvalue weighted by atomic mass is 10.1. The Morgan fingerprint density at radius 3 is 2.71 bits per heavy atom. The van der Waals surface area contributed by atoms with Crippen LogP contribution in [-0.4, -0.2) is 15.6 Å². The van der Waals surface area contributed by atoms with Gasteiger partial charge in [0.05, 0.1) is 15.6 Å². The van der Waals surface area contributed by atoms with E-state index in [-0.39, 0.29) is 12.2 Å². The lowest BCUT2D eigenvalue weighted by Crippen LogP contribution is -2.03. The third-order valence-electron chi connectivity index (χ3n) is 2.48. The summed E-state index contributed by atoms with van der Waals surface area (Å²) in [7, 11) is 1.75. The van der Waals surface area contributed by atoms with Gasteiger partial charge in [0, 0.05) is 19.0 Å². The average molecular weight is 289 g/mol. The predicted molar refractivity (Wildman–Crippen MR) is 70.3 cm³/mol. The van der Waals surface area contributed by atoms with Gasteiger partial charge < -0.3 is 0 Å². The Hall–Kier alpha value is -0.840. The Kier molecular flexibility index (Phi) is 3.56. The van der Waals surface area contributed by atoms with Gasteiger partial charge in [0.25, 0.3) is 0 Å². The lowest BCUT2D eigenvalue weighted by molar-refractivity contribution is 0.0997. The molecule has 0 aliphatic carbocycles. The van der Waals surface area contributed by atoms with Gasteiger partial charge >= 0.3 is 0 Å². The molecule has 0 radical (unpaired) electrons. The summed E-state index contributed by atoms with van der Waals surface area (Å²) in [5.41, 5.74) is 1.54. The van der Waals surface area contributed by atoms with Gasteiger partial charge in [0.2, 0.25) is 0 Å². The fourth-order valence-electron chi connectivity index (χ4n) is 1.61. The second-order valence-electron chi connectivity index (χ2n) is 3.68. The molecule has 0 aliphatic heterocycles. The van der Waals surface area contributed by atoms with E-state index in [1.165, 1.54) is 11.3 Å². The second kappa shape index (κ2) is 4.80. The smallest absolute Gasteiger partial charge is 0.178 e. The Labute approximate surface area is 113 Å². The first-order valence-electron chi connectivity index (χ1n) is 4.95. The van der Waals surface area contributed by atoms with E-state index in [1.54, 1.807) is 23.2 Å². The number of nitrogens with zero attached hydrogens (tertiary/aromatic N) is 2. The number of aromatic nitrogens is 2. The standard InChI is InChI=1S/C11H10Cl2N2OS/c1-6-7(11(13)15(2)14-6)5-9(16)10-8(12)3-4-17-10/h3-4H,5H2,1-2H3. The highest BCUT2D eigenvalue weighted by molar-refractivity contribution is 7.12. The van der Waals surface area contributed by atoms with Gasteiger partial charge in [-0.1, -0.05) is 23.2 Å².